The summed E-state index contributed by atoms with van der Waals surface area (Å²) in [4.78, 5) is 21.9. The van der Waals surface area contributed by atoms with Crippen molar-refractivity contribution in [3.63, 3.8) is 0 Å². The summed E-state index contributed by atoms with van der Waals surface area (Å²) < 4.78 is 44.2. The standard InChI is InChI=1S/C20H20ClFN4O4S2/c1-30-20(27)15-16(11-5-7-26(10-11)32(2,28)29)24-18(19-23-6-8-31-19)25-17(15)13-4-3-12(22)9-14(13)21/h3-4,6,8-9,11,17H,5,7,10H2,1-2H3,(H,24,25). The number of carbonyl (C=O) groups is 1. The molecule has 1 aromatic heterocycles. The summed E-state index contributed by atoms with van der Waals surface area (Å²) in [6, 6.07) is 3.01. The van der Waals surface area contributed by atoms with Crippen molar-refractivity contribution in [2.75, 3.05) is 26.5 Å². The van der Waals surface area contributed by atoms with E-state index in [9.17, 15) is 17.6 Å². The first-order valence-corrected chi connectivity index (χ1v) is 12.8. The second kappa shape index (κ2) is 8.89. The van der Waals surface area contributed by atoms with Crippen molar-refractivity contribution in [2.24, 2.45) is 10.9 Å². The Morgan fingerprint density at radius 3 is 2.78 bits per heavy atom. The first-order chi connectivity index (χ1) is 15.2. The molecular formula is C20H20ClFN4O4S2. The summed E-state index contributed by atoms with van der Waals surface area (Å²) in [5.41, 5.74) is 1.15. The molecule has 0 bridgehead atoms. The number of thiazole rings is 1. The van der Waals surface area contributed by atoms with Crippen molar-refractivity contribution >= 4 is 44.8 Å². The van der Waals surface area contributed by atoms with E-state index in [-0.39, 0.29) is 23.1 Å². The molecule has 170 valence electrons. The van der Waals surface area contributed by atoms with Crippen molar-refractivity contribution in [1.82, 2.24) is 14.6 Å². The number of aromatic nitrogens is 1. The molecule has 1 aromatic carbocycles. The van der Waals surface area contributed by atoms with Gasteiger partial charge in [0.15, 0.2) is 10.8 Å². The number of amidine groups is 1. The Bertz CT molecular complexity index is 1210. The van der Waals surface area contributed by atoms with Gasteiger partial charge >= 0.3 is 5.97 Å². The van der Waals surface area contributed by atoms with E-state index >= 15 is 0 Å². The smallest absolute Gasteiger partial charge is 0.338 e. The summed E-state index contributed by atoms with van der Waals surface area (Å²) in [7, 11) is -2.13. The number of nitrogens with zero attached hydrogens (tertiary/aromatic N) is 3. The van der Waals surface area contributed by atoms with Crippen LogP contribution in [-0.4, -0.2) is 56.0 Å². The molecule has 0 amide bonds. The number of halogens is 2. The number of benzene rings is 1. The Morgan fingerprint density at radius 2 is 2.19 bits per heavy atom. The lowest BCUT2D eigenvalue weighted by atomic mass is 9.90. The van der Waals surface area contributed by atoms with Crippen LogP contribution >= 0.6 is 22.9 Å². The highest BCUT2D eigenvalue weighted by Crippen LogP contribution is 2.40. The number of hydrogen-bond donors (Lipinski definition) is 1. The number of esters is 1. The monoisotopic (exact) mass is 498 g/mol. The lowest BCUT2D eigenvalue weighted by molar-refractivity contribution is -0.136. The zero-order valence-corrected chi connectivity index (χ0v) is 19.6. The second-order valence-electron chi connectivity index (χ2n) is 7.43. The summed E-state index contributed by atoms with van der Waals surface area (Å²) in [6.45, 7) is 0.533. The number of nitrogens with one attached hydrogen (secondary N) is 1. The van der Waals surface area contributed by atoms with Crippen LogP contribution in [0.1, 0.15) is 23.0 Å². The van der Waals surface area contributed by atoms with Gasteiger partial charge in [-0.25, -0.2) is 26.9 Å². The molecule has 2 aliphatic rings. The number of hydrogen-bond acceptors (Lipinski definition) is 8. The molecule has 1 N–H and O–H groups in total. The first-order valence-electron chi connectivity index (χ1n) is 9.66. The molecule has 32 heavy (non-hydrogen) atoms. The second-order valence-corrected chi connectivity index (χ2v) is 10.7. The molecule has 1 fully saturated rings. The number of carbonyl (C=O) groups excluding carboxylic acids is 1. The molecule has 8 nitrogen and oxygen atoms in total. The third kappa shape index (κ3) is 4.42. The lowest BCUT2D eigenvalue weighted by Gasteiger charge is -2.30. The summed E-state index contributed by atoms with van der Waals surface area (Å²) in [6.07, 6.45) is 3.29. The number of sulfonamides is 1. The van der Waals surface area contributed by atoms with Crippen LogP contribution in [0.5, 0.6) is 0 Å². The fourth-order valence-electron chi connectivity index (χ4n) is 3.88. The maximum Gasteiger partial charge on any atom is 0.338 e. The molecule has 2 unspecified atom stereocenters. The number of rotatable bonds is 5. The molecule has 0 spiro atoms. The minimum absolute atomic E-state index is 0.115. The number of ether oxygens (including phenoxy) is 1. The van der Waals surface area contributed by atoms with Crippen LogP contribution in [0.2, 0.25) is 5.02 Å². The fourth-order valence-corrected chi connectivity index (χ4v) is 5.63. The van der Waals surface area contributed by atoms with Crippen LogP contribution in [0.3, 0.4) is 0 Å². The highest BCUT2D eigenvalue weighted by atomic mass is 35.5. The van der Waals surface area contributed by atoms with E-state index in [0.29, 0.717) is 35.1 Å². The minimum Gasteiger partial charge on any atom is -0.466 e. The van der Waals surface area contributed by atoms with Crippen LogP contribution < -0.4 is 5.32 Å². The predicted octanol–water partition coefficient (Wildman–Crippen LogP) is 2.74. The molecule has 3 heterocycles. The van der Waals surface area contributed by atoms with Crippen molar-refractivity contribution < 1.29 is 22.3 Å². The molecule has 0 aliphatic carbocycles. The van der Waals surface area contributed by atoms with Crippen molar-refractivity contribution in [1.29, 1.82) is 0 Å². The molecule has 1 saturated heterocycles. The van der Waals surface area contributed by atoms with E-state index in [2.05, 4.69) is 15.3 Å². The largest absolute Gasteiger partial charge is 0.466 e. The predicted molar refractivity (Wildman–Crippen MR) is 120 cm³/mol. The molecule has 0 saturated carbocycles. The SMILES string of the molecule is COC(=O)C1=C(C2CCN(S(C)(=O)=O)C2)NC(c2nccs2)=NC1c1ccc(F)cc1Cl. The Kier molecular flexibility index (Phi) is 6.35. The van der Waals surface area contributed by atoms with Gasteiger partial charge in [-0.15, -0.1) is 11.3 Å². The van der Waals surface area contributed by atoms with E-state index in [1.165, 1.54) is 34.9 Å². The Labute approximate surface area is 193 Å². The van der Waals surface area contributed by atoms with Gasteiger partial charge in [-0.2, -0.15) is 0 Å². The van der Waals surface area contributed by atoms with Crippen LogP contribution in [0, 0.1) is 11.7 Å². The van der Waals surface area contributed by atoms with Crippen LogP contribution in [0.4, 0.5) is 4.39 Å². The third-order valence-corrected chi connectivity index (χ3v) is 7.78. The maximum absolute atomic E-state index is 13.7. The van der Waals surface area contributed by atoms with Gasteiger partial charge in [0.05, 0.1) is 18.9 Å². The van der Waals surface area contributed by atoms with Gasteiger partial charge < -0.3 is 10.1 Å². The maximum atomic E-state index is 13.7. The van der Waals surface area contributed by atoms with Gasteiger partial charge in [-0.05, 0) is 18.6 Å². The average Bonchev–Trinajstić information content (AvgIpc) is 3.44. The van der Waals surface area contributed by atoms with Crippen molar-refractivity contribution in [3.8, 4) is 0 Å². The van der Waals surface area contributed by atoms with Gasteiger partial charge in [-0.1, -0.05) is 17.7 Å². The summed E-state index contributed by atoms with van der Waals surface area (Å²) in [5.74, 6) is -1.02. The molecule has 12 heteroatoms. The normalized spacial score (nSPS) is 21.9. The van der Waals surface area contributed by atoms with E-state index < -0.39 is 27.9 Å². The topological polar surface area (TPSA) is 101 Å². The zero-order chi connectivity index (χ0) is 23.0. The quantitative estimate of drug-likeness (QED) is 0.636. The highest BCUT2D eigenvalue weighted by Gasteiger charge is 2.40. The van der Waals surface area contributed by atoms with Gasteiger partial charge in [0.25, 0.3) is 0 Å². The molecule has 2 aliphatic heterocycles. The van der Waals surface area contributed by atoms with E-state index in [0.717, 1.165) is 12.3 Å². The highest BCUT2D eigenvalue weighted by molar-refractivity contribution is 7.88. The van der Waals surface area contributed by atoms with Gasteiger partial charge in [-0.3, -0.25) is 4.99 Å². The Hall–Kier alpha value is -2.34. The molecule has 0 radical (unpaired) electrons. The van der Waals surface area contributed by atoms with Gasteiger partial charge in [0.2, 0.25) is 10.0 Å². The fraction of sp³-hybridized carbons (Fsp3) is 0.350. The first kappa shape index (κ1) is 22.8. The summed E-state index contributed by atoms with van der Waals surface area (Å²) >= 11 is 7.69. The van der Waals surface area contributed by atoms with Gasteiger partial charge in [0.1, 0.15) is 11.9 Å². The Balaban J connectivity index is 1.86. The van der Waals surface area contributed by atoms with Crippen molar-refractivity contribution in [3.05, 3.63) is 62.5 Å². The van der Waals surface area contributed by atoms with E-state index in [1.54, 1.807) is 11.6 Å². The van der Waals surface area contributed by atoms with E-state index in [4.69, 9.17) is 16.3 Å². The molecular weight excluding hydrogens is 479 g/mol. The molecule has 2 aromatic rings. The zero-order valence-electron chi connectivity index (χ0n) is 17.2. The summed E-state index contributed by atoms with van der Waals surface area (Å²) in [5, 5.41) is 5.70. The average molecular weight is 499 g/mol. The number of aliphatic imine (C=N–C) groups is 1. The molecule has 2 atom stereocenters. The minimum atomic E-state index is -3.39. The van der Waals surface area contributed by atoms with Crippen LogP contribution in [0.25, 0.3) is 0 Å². The van der Waals surface area contributed by atoms with Crippen LogP contribution in [-0.2, 0) is 19.6 Å². The third-order valence-electron chi connectivity index (χ3n) is 5.40. The van der Waals surface area contributed by atoms with Crippen LogP contribution in [0.15, 0.2) is 46.0 Å². The lowest BCUT2D eigenvalue weighted by Crippen LogP contribution is -2.38. The Morgan fingerprint density at radius 1 is 1.41 bits per heavy atom. The van der Waals surface area contributed by atoms with Crippen molar-refractivity contribution in [2.45, 2.75) is 12.5 Å². The molecule has 4 rings (SSSR count). The van der Waals surface area contributed by atoms with Gasteiger partial charge in [0, 0.05) is 46.9 Å². The number of methoxy groups -OCH3 is 1. The van der Waals surface area contributed by atoms with E-state index in [1.807, 2.05) is 0 Å².